The van der Waals surface area contributed by atoms with E-state index in [1.165, 1.54) is 29.3 Å². The van der Waals surface area contributed by atoms with Gasteiger partial charge in [-0.2, -0.15) is 0 Å². The van der Waals surface area contributed by atoms with Crippen LogP contribution in [0.1, 0.15) is 40.7 Å². The van der Waals surface area contributed by atoms with Crippen LogP contribution in [0.25, 0.3) is 0 Å². The topological polar surface area (TPSA) is 69.7 Å². The van der Waals surface area contributed by atoms with Crippen LogP contribution < -0.4 is 14.5 Å². The second kappa shape index (κ2) is 11.5. The van der Waals surface area contributed by atoms with Gasteiger partial charge in [0.15, 0.2) is 0 Å². The van der Waals surface area contributed by atoms with Gasteiger partial charge in [0.1, 0.15) is 0 Å². The minimum absolute atomic E-state index is 0.0597. The largest absolute Gasteiger partial charge is 0.372 e. The number of hydrogen-bond donors (Lipinski definition) is 1. The molecule has 0 bridgehead atoms. The molecule has 1 fully saturated rings. The SMILES string of the molecule is CS(=O)(=O)N(Cc1ccc(C(=O)NCc2ccc(N3CCCCC3)cc2)cc1)c1cccc(Cl)c1Cl. The highest BCUT2D eigenvalue weighted by molar-refractivity contribution is 7.92. The van der Waals surface area contributed by atoms with E-state index in [0.717, 1.165) is 24.9 Å². The predicted molar refractivity (Wildman–Crippen MR) is 148 cm³/mol. The van der Waals surface area contributed by atoms with Gasteiger partial charge >= 0.3 is 0 Å². The van der Waals surface area contributed by atoms with Crippen LogP contribution in [0.2, 0.25) is 10.0 Å². The average Bonchev–Trinajstić information content (AvgIpc) is 2.88. The highest BCUT2D eigenvalue weighted by Gasteiger charge is 2.21. The number of carbonyl (C=O) groups is 1. The Balaban J connectivity index is 1.38. The number of piperidine rings is 1. The summed E-state index contributed by atoms with van der Waals surface area (Å²) in [6.45, 7) is 2.68. The van der Waals surface area contributed by atoms with Gasteiger partial charge in [-0.05, 0) is 66.8 Å². The first-order valence-corrected chi connectivity index (χ1v) is 14.5. The van der Waals surface area contributed by atoms with Crippen LogP contribution in [0.5, 0.6) is 0 Å². The minimum Gasteiger partial charge on any atom is -0.372 e. The third-order valence-corrected chi connectivity index (χ3v) is 8.19. The zero-order valence-corrected chi connectivity index (χ0v) is 22.4. The number of halogens is 2. The summed E-state index contributed by atoms with van der Waals surface area (Å²) < 4.78 is 26.1. The maximum atomic E-state index is 12.7. The van der Waals surface area contributed by atoms with Crippen LogP contribution in [0.4, 0.5) is 11.4 Å². The summed E-state index contributed by atoms with van der Waals surface area (Å²) in [6.07, 6.45) is 4.88. The van der Waals surface area contributed by atoms with E-state index in [1.807, 2.05) is 12.1 Å². The number of amides is 1. The van der Waals surface area contributed by atoms with Crippen LogP contribution in [0.15, 0.2) is 66.7 Å². The first-order valence-electron chi connectivity index (χ1n) is 11.8. The Hall–Kier alpha value is -2.74. The van der Waals surface area contributed by atoms with Crippen LogP contribution in [-0.2, 0) is 23.1 Å². The van der Waals surface area contributed by atoms with Crippen molar-refractivity contribution in [2.45, 2.75) is 32.4 Å². The van der Waals surface area contributed by atoms with Crippen molar-refractivity contribution in [1.82, 2.24) is 5.32 Å². The van der Waals surface area contributed by atoms with Crippen LogP contribution >= 0.6 is 23.2 Å². The molecule has 3 aromatic rings. The molecule has 1 heterocycles. The molecule has 0 saturated carbocycles. The van der Waals surface area contributed by atoms with Crippen LogP contribution in [0.3, 0.4) is 0 Å². The van der Waals surface area contributed by atoms with Gasteiger partial charge in [-0.1, -0.05) is 53.5 Å². The first kappa shape index (κ1) is 26.3. The number of nitrogens with zero attached hydrogens (tertiary/aromatic N) is 2. The Morgan fingerprint density at radius 2 is 1.56 bits per heavy atom. The van der Waals surface area contributed by atoms with Gasteiger partial charge in [0.2, 0.25) is 10.0 Å². The van der Waals surface area contributed by atoms with E-state index < -0.39 is 10.0 Å². The standard InChI is InChI=1S/C27H29Cl2N3O3S/c1-36(34,35)32(25-7-5-6-24(28)26(25)29)19-21-8-12-22(13-9-21)27(33)30-18-20-10-14-23(15-11-20)31-16-3-2-4-17-31/h5-15H,2-4,16-19H2,1H3,(H,30,33). The highest BCUT2D eigenvalue weighted by atomic mass is 35.5. The van der Waals surface area contributed by atoms with Gasteiger partial charge in [-0.15, -0.1) is 0 Å². The van der Waals surface area contributed by atoms with Gasteiger partial charge in [0.25, 0.3) is 5.91 Å². The number of carbonyl (C=O) groups excluding carboxylic acids is 1. The number of hydrogen-bond acceptors (Lipinski definition) is 4. The number of benzene rings is 3. The smallest absolute Gasteiger partial charge is 0.251 e. The van der Waals surface area contributed by atoms with Crippen molar-refractivity contribution >= 4 is 50.5 Å². The maximum Gasteiger partial charge on any atom is 0.251 e. The third-order valence-electron chi connectivity index (χ3n) is 6.25. The molecule has 0 spiro atoms. The monoisotopic (exact) mass is 545 g/mol. The Morgan fingerprint density at radius 1 is 0.917 bits per heavy atom. The molecule has 6 nitrogen and oxygen atoms in total. The van der Waals surface area contributed by atoms with E-state index in [9.17, 15) is 13.2 Å². The van der Waals surface area contributed by atoms with Gasteiger partial charge in [-0.3, -0.25) is 9.10 Å². The molecule has 190 valence electrons. The summed E-state index contributed by atoms with van der Waals surface area (Å²) in [6, 6.07) is 20.0. The summed E-state index contributed by atoms with van der Waals surface area (Å²) in [4.78, 5) is 15.1. The van der Waals surface area contributed by atoms with Crippen molar-refractivity contribution in [2.75, 3.05) is 28.6 Å². The lowest BCUT2D eigenvalue weighted by atomic mass is 10.1. The molecule has 0 aliphatic carbocycles. The lowest BCUT2D eigenvalue weighted by Gasteiger charge is -2.28. The Kier molecular flexibility index (Phi) is 8.44. The molecular weight excluding hydrogens is 517 g/mol. The molecule has 9 heteroatoms. The molecule has 1 N–H and O–H groups in total. The van der Waals surface area contributed by atoms with E-state index in [0.29, 0.717) is 23.4 Å². The fraction of sp³-hybridized carbons (Fsp3) is 0.296. The molecule has 3 aromatic carbocycles. The molecule has 1 aliphatic rings. The highest BCUT2D eigenvalue weighted by Crippen LogP contribution is 2.34. The van der Waals surface area contributed by atoms with Crippen molar-refractivity contribution in [1.29, 1.82) is 0 Å². The van der Waals surface area contributed by atoms with Crippen LogP contribution in [0, 0.1) is 0 Å². The lowest BCUT2D eigenvalue weighted by Crippen LogP contribution is -2.29. The maximum absolute atomic E-state index is 12.7. The molecule has 0 unspecified atom stereocenters. The molecule has 1 amide bonds. The average molecular weight is 547 g/mol. The third kappa shape index (κ3) is 6.52. The van der Waals surface area contributed by atoms with E-state index in [4.69, 9.17) is 23.2 Å². The minimum atomic E-state index is -3.62. The molecule has 1 aliphatic heterocycles. The van der Waals surface area contributed by atoms with Crippen molar-refractivity contribution in [3.8, 4) is 0 Å². The number of nitrogens with one attached hydrogen (secondary N) is 1. The van der Waals surface area contributed by atoms with Crippen molar-refractivity contribution < 1.29 is 13.2 Å². The van der Waals surface area contributed by atoms with Gasteiger partial charge < -0.3 is 10.2 Å². The lowest BCUT2D eigenvalue weighted by molar-refractivity contribution is 0.0951. The van der Waals surface area contributed by atoms with Gasteiger partial charge in [0.05, 0.1) is 28.5 Å². The zero-order chi connectivity index (χ0) is 25.7. The van der Waals surface area contributed by atoms with Gasteiger partial charge in [0, 0.05) is 30.9 Å². The number of sulfonamides is 1. The van der Waals surface area contributed by atoms with E-state index in [2.05, 4.69) is 22.3 Å². The Labute approximate surface area is 222 Å². The molecule has 1 saturated heterocycles. The zero-order valence-electron chi connectivity index (χ0n) is 20.1. The first-order chi connectivity index (χ1) is 17.2. The normalized spacial score (nSPS) is 13.9. The molecule has 4 rings (SSSR count). The predicted octanol–water partition coefficient (Wildman–Crippen LogP) is 5.88. The fourth-order valence-corrected chi connectivity index (χ4v) is 5.60. The quantitative estimate of drug-likeness (QED) is 0.383. The number of anilines is 2. The van der Waals surface area contributed by atoms with Crippen molar-refractivity contribution in [3.05, 3.63) is 93.5 Å². The molecular formula is C27H29Cl2N3O3S. The summed E-state index contributed by atoms with van der Waals surface area (Å²) in [5.41, 5.74) is 3.77. The van der Waals surface area contributed by atoms with Crippen molar-refractivity contribution in [3.63, 3.8) is 0 Å². The summed E-state index contributed by atoms with van der Waals surface area (Å²) >= 11 is 12.4. The molecule has 0 atom stereocenters. The molecule has 0 radical (unpaired) electrons. The Morgan fingerprint density at radius 3 is 2.19 bits per heavy atom. The Bertz CT molecular complexity index is 1310. The van der Waals surface area contributed by atoms with Crippen LogP contribution in [-0.4, -0.2) is 33.7 Å². The second-order valence-corrected chi connectivity index (χ2v) is 11.6. The molecule has 0 aromatic heterocycles. The molecule has 36 heavy (non-hydrogen) atoms. The summed E-state index contributed by atoms with van der Waals surface area (Å²) in [7, 11) is -3.62. The van der Waals surface area contributed by atoms with Gasteiger partial charge in [-0.25, -0.2) is 8.42 Å². The van der Waals surface area contributed by atoms with E-state index >= 15 is 0 Å². The fourth-order valence-electron chi connectivity index (χ4n) is 4.25. The summed E-state index contributed by atoms with van der Waals surface area (Å²) in [5.74, 6) is -0.195. The summed E-state index contributed by atoms with van der Waals surface area (Å²) in [5, 5.41) is 3.39. The van der Waals surface area contributed by atoms with E-state index in [1.54, 1.807) is 42.5 Å². The van der Waals surface area contributed by atoms with E-state index in [-0.39, 0.29) is 22.5 Å². The van der Waals surface area contributed by atoms with Crippen molar-refractivity contribution in [2.24, 2.45) is 0 Å². The number of rotatable bonds is 8. The second-order valence-electron chi connectivity index (χ2n) is 8.94.